The number of carbonyl (C=O) groups excluding carboxylic acids is 2. The standard InChI is InChI=1S/C16H24N4O2S/c1-9(21)11-8-12(16(11,2)3)14(22)17-7-6-13-18-19-15(23)20(13)10-4-5-10/h10-12H,4-8H2,1-3H3,(H,17,22)(H,19,23)/t11-,12+/m0/s1. The van der Waals surface area contributed by atoms with Crippen molar-refractivity contribution in [3.63, 3.8) is 0 Å². The van der Waals surface area contributed by atoms with Crippen LogP contribution < -0.4 is 5.32 Å². The van der Waals surface area contributed by atoms with E-state index in [0.29, 0.717) is 30.2 Å². The summed E-state index contributed by atoms with van der Waals surface area (Å²) in [6.07, 6.45) is 3.62. The maximum Gasteiger partial charge on any atom is 0.223 e. The van der Waals surface area contributed by atoms with Gasteiger partial charge in [0.1, 0.15) is 11.6 Å². The van der Waals surface area contributed by atoms with Crippen molar-refractivity contribution >= 4 is 23.9 Å². The molecule has 23 heavy (non-hydrogen) atoms. The number of carbonyl (C=O) groups is 2. The van der Waals surface area contributed by atoms with Crippen molar-refractivity contribution in [3.8, 4) is 0 Å². The molecule has 7 heteroatoms. The zero-order chi connectivity index (χ0) is 16.8. The lowest BCUT2D eigenvalue weighted by atomic mass is 9.53. The van der Waals surface area contributed by atoms with Crippen molar-refractivity contribution in [1.82, 2.24) is 20.1 Å². The second kappa shape index (κ2) is 5.85. The zero-order valence-corrected chi connectivity index (χ0v) is 14.7. The van der Waals surface area contributed by atoms with E-state index < -0.39 is 0 Å². The predicted octanol–water partition coefficient (Wildman–Crippen LogP) is 2.19. The van der Waals surface area contributed by atoms with Crippen LogP contribution in [0.4, 0.5) is 0 Å². The summed E-state index contributed by atoms with van der Waals surface area (Å²) in [6, 6.07) is 0.480. The monoisotopic (exact) mass is 336 g/mol. The SMILES string of the molecule is CC(=O)[C@@H]1C[C@H](C(=O)NCCc2n[nH]c(=S)n2C2CC2)C1(C)C. The molecule has 3 rings (SSSR count). The number of hydrogen-bond acceptors (Lipinski definition) is 4. The number of nitrogens with zero attached hydrogens (tertiary/aromatic N) is 2. The van der Waals surface area contributed by atoms with Crippen LogP contribution in [0.5, 0.6) is 0 Å². The van der Waals surface area contributed by atoms with Gasteiger partial charge >= 0.3 is 0 Å². The first kappa shape index (κ1) is 16.4. The normalized spacial score (nSPS) is 25.7. The molecule has 2 atom stereocenters. The molecular weight excluding hydrogens is 312 g/mol. The number of amides is 1. The van der Waals surface area contributed by atoms with Gasteiger partial charge in [0.2, 0.25) is 5.91 Å². The van der Waals surface area contributed by atoms with Crippen LogP contribution in [-0.2, 0) is 16.0 Å². The van der Waals surface area contributed by atoms with Gasteiger partial charge in [-0.3, -0.25) is 14.7 Å². The highest BCUT2D eigenvalue weighted by molar-refractivity contribution is 7.71. The van der Waals surface area contributed by atoms with Gasteiger partial charge in [0.05, 0.1) is 0 Å². The molecule has 0 saturated heterocycles. The molecule has 6 nitrogen and oxygen atoms in total. The smallest absolute Gasteiger partial charge is 0.223 e. The van der Waals surface area contributed by atoms with Gasteiger partial charge in [0.25, 0.3) is 0 Å². The van der Waals surface area contributed by atoms with Crippen LogP contribution in [0.1, 0.15) is 51.9 Å². The van der Waals surface area contributed by atoms with E-state index >= 15 is 0 Å². The number of aromatic amines is 1. The molecule has 2 fully saturated rings. The van der Waals surface area contributed by atoms with Crippen molar-refractivity contribution in [2.45, 2.75) is 52.5 Å². The second-order valence-corrected chi connectivity index (χ2v) is 7.75. The summed E-state index contributed by atoms with van der Waals surface area (Å²) in [6.45, 7) is 6.17. The number of ketones is 1. The lowest BCUT2D eigenvalue weighted by molar-refractivity contribution is -0.148. The van der Waals surface area contributed by atoms with Crippen LogP contribution >= 0.6 is 12.2 Å². The predicted molar refractivity (Wildman–Crippen MR) is 88.5 cm³/mol. The summed E-state index contributed by atoms with van der Waals surface area (Å²) in [5, 5.41) is 10.1. The fourth-order valence-corrected chi connectivity index (χ4v) is 4.00. The van der Waals surface area contributed by atoms with E-state index in [4.69, 9.17) is 12.2 Å². The minimum absolute atomic E-state index is 0.00406. The third-order valence-electron chi connectivity index (χ3n) is 5.41. The Kier molecular flexibility index (Phi) is 4.16. The molecular formula is C16H24N4O2S. The minimum atomic E-state index is -0.246. The first-order valence-electron chi connectivity index (χ1n) is 8.26. The van der Waals surface area contributed by atoms with E-state index in [1.807, 2.05) is 13.8 Å². The molecule has 2 saturated carbocycles. The van der Waals surface area contributed by atoms with Gasteiger partial charge in [-0.05, 0) is 43.8 Å². The number of Topliss-reactive ketones (excluding diaryl/α,β-unsaturated/α-hetero) is 1. The Labute approximate surface area is 141 Å². The van der Waals surface area contributed by atoms with Crippen molar-refractivity contribution < 1.29 is 9.59 Å². The Morgan fingerprint density at radius 3 is 2.65 bits per heavy atom. The Balaban J connectivity index is 1.53. The van der Waals surface area contributed by atoms with Crippen LogP contribution in [-0.4, -0.2) is 33.0 Å². The summed E-state index contributed by atoms with van der Waals surface area (Å²) < 4.78 is 2.74. The van der Waals surface area contributed by atoms with Gasteiger partial charge in [0.15, 0.2) is 4.77 Å². The molecule has 1 aromatic heterocycles. The summed E-state index contributed by atoms with van der Waals surface area (Å²) in [5.41, 5.74) is -0.246. The molecule has 2 aliphatic rings. The quantitative estimate of drug-likeness (QED) is 0.781. The summed E-state index contributed by atoms with van der Waals surface area (Å²) >= 11 is 5.25. The van der Waals surface area contributed by atoms with E-state index in [1.54, 1.807) is 6.92 Å². The molecule has 1 amide bonds. The van der Waals surface area contributed by atoms with Crippen molar-refractivity contribution in [1.29, 1.82) is 0 Å². The lowest BCUT2D eigenvalue weighted by Crippen LogP contribution is -2.54. The third-order valence-corrected chi connectivity index (χ3v) is 5.70. The van der Waals surface area contributed by atoms with E-state index in [2.05, 4.69) is 20.1 Å². The first-order chi connectivity index (χ1) is 10.8. The maximum absolute atomic E-state index is 12.4. The van der Waals surface area contributed by atoms with E-state index in [-0.39, 0.29) is 28.9 Å². The molecule has 126 valence electrons. The van der Waals surface area contributed by atoms with E-state index in [9.17, 15) is 9.59 Å². The second-order valence-electron chi connectivity index (χ2n) is 7.36. The lowest BCUT2D eigenvalue weighted by Gasteiger charge is -2.49. The summed E-state index contributed by atoms with van der Waals surface area (Å²) in [7, 11) is 0. The number of H-pyrrole nitrogens is 1. The molecule has 1 aromatic rings. The van der Waals surface area contributed by atoms with Crippen LogP contribution in [0.15, 0.2) is 0 Å². The van der Waals surface area contributed by atoms with Gasteiger partial charge in [-0.25, -0.2) is 0 Å². The average molecular weight is 336 g/mol. The fraction of sp³-hybridized carbons (Fsp3) is 0.750. The maximum atomic E-state index is 12.4. The number of aromatic nitrogens is 3. The highest BCUT2D eigenvalue weighted by atomic mass is 32.1. The third kappa shape index (κ3) is 2.98. The molecule has 2 N–H and O–H groups in total. The summed E-state index contributed by atoms with van der Waals surface area (Å²) in [4.78, 5) is 23.9. The minimum Gasteiger partial charge on any atom is -0.355 e. The first-order valence-corrected chi connectivity index (χ1v) is 8.67. The Bertz CT molecular complexity index is 686. The molecule has 0 aromatic carbocycles. The van der Waals surface area contributed by atoms with Crippen molar-refractivity contribution in [2.24, 2.45) is 17.3 Å². The van der Waals surface area contributed by atoms with Gasteiger partial charge in [0, 0.05) is 30.8 Å². The summed E-state index contributed by atoms with van der Waals surface area (Å²) in [5.74, 6) is 1.05. The number of hydrogen-bond donors (Lipinski definition) is 2. The molecule has 0 spiro atoms. The van der Waals surface area contributed by atoms with Gasteiger partial charge in [-0.1, -0.05) is 13.8 Å². The highest BCUT2D eigenvalue weighted by Crippen LogP contribution is 2.51. The number of rotatable bonds is 6. The highest BCUT2D eigenvalue weighted by Gasteiger charge is 2.53. The van der Waals surface area contributed by atoms with E-state index in [0.717, 1.165) is 18.7 Å². The zero-order valence-electron chi connectivity index (χ0n) is 13.9. The number of nitrogens with one attached hydrogen (secondary N) is 2. The van der Waals surface area contributed by atoms with Crippen molar-refractivity contribution in [3.05, 3.63) is 10.6 Å². The van der Waals surface area contributed by atoms with Crippen LogP contribution in [0.3, 0.4) is 0 Å². The Morgan fingerprint density at radius 2 is 2.09 bits per heavy atom. The molecule has 0 aliphatic heterocycles. The van der Waals surface area contributed by atoms with Gasteiger partial charge < -0.3 is 9.88 Å². The molecule has 2 aliphatic carbocycles. The Hall–Kier alpha value is -1.50. The molecule has 0 bridgehead atoms. The van der Waals surface area contributed by atoms with Gasteiger partial charge in [-0.2, -0.15) is 5.10 Å². The average Bonchev–Trinajstić information content (AvgIpc) is 3.22. The molecule has 0 radical (unpaired) electrons. The van der Waals surface area contributed by atoms with Crippen LogP contribution in [0, 0.1) is 22.0 Å². The topological polar surface area (TPSA) is 79.8 Å². The largest absolute Gasteiger partial charge is 0.355 e. The van der Waals surface area contributed by atoms with Crippen LogP contribution in [0.25, 0.3) is 0 Å². The fourth-order valence-electron chi connectivity index (χ4n) is 3.70. The van der Waals surface area contributed by atoms with E-state index in [1.165, 1.54) is 0 Å². The van der Waals surface area contributed by atoms with Gasteiger partial charge in [-0.15, -0.1) is 0 Å². The van der Waals surface area contributed by atoms with Crippen LogP contribution in [0.2, 0.25) is 0 Å². The molecule has 0 unspecified atom stereocenters. The Morgan fingerprint density at radius 1 is 1.39 bits per heavy atom. The van der Waals surface area contributed by atoms with Crippen molar-refractivity contribution in [2.75, 3.05) is 6.54 Å². The molecule has 1 heterocycles.